The van der Waals surface area contributed by atoms with E-state index < -0.39 is 5.79 Å². The van der Waals surface area contributed by atoms with Gasteiger partial charge in [0.1, 0.15) is 0 Å². The maximum Gasteiger partial charge on any atom is 0.410 e. The Kier molecular flexibility index (Phi) is 3.91. The van der Waals surface area contributed by atoms with Crippen molar-refractivity contribution < 1.29 is 19.0 Å². The fourth-order valence-corrected chi connectivity index (χ4v) is 4.78. The van der Waals surface area contributed by atoms with E-state index in [1.165, 1.54) is 7.11 Å². The second-order valence-electron chi connectivity index (χ2n) is 6.67. The molecule has 3 aliphatic heterocycles. The molecule has 21 heavy (non-hydrogen) atoms. The average molecular weight is 297 g/mol. The highest BCUT2D eigenvalue weighted by Crippen LogP contribution is 2.56. The molecule has 3 fully saturated rings. The van der Waals surface area contributed by atoms with Gasteiger partial charge in [0.15, 0.2) is 5.79 Å². The highest BCUT2D eigenvalue weighted by Gasteiger charge is 2.65. The van der Waals surface area contributed by atoms with Gasteiger partial charge in [-0.15, -0.1) is 0 Å². The van der Waals surface area contributed by atoms with Crippen molar-refractivity contribution in [2.24, 2.45) is 5.92 Å². The van der Waals surface area contributed by atoms with Crippen LogP contribution in [0.15, 0.2) is 0 Å². The van der Waals surface area contributed by atoms with E-state index in [-0.39, 0.29) is 23.6 Å². The molecular weight excluding hydrogens is 270 g/mol. The van der Waals surface area contributed by atoms with E-state index in [2.05, 4.69) is 13.8 Å². The molecule has 120 valence electrons. The van der Waals surface area contributed by atoms with Gasteiger partial charge in [0, 0.05) is 18.4 Å². The molecule has 3 saturated heterocycles. The van der Waals surface area contributed by atoms with Crippen LogP contribution in [0.5, 0.6) is 0 Å². The van der Waals surface area contributed by atoms with Crippen LogP contribution in [0.3, 0.4) is 0 Å². The predicted octanol–water partition coefficient (Wildman–Crippen LogP) is 2.93. The molecule has 0 aliphatic carbocycles. The largest absolute Gasteiger partial charge is 0.453 e. The lowest BCUT2D eigenvalue weighted by atomic mass is 9.72. The summed E-state index contributed by atoms with van der Waals surface area (Å²) >= 11 is 0. The van der Waals surface area contributed by atoms with Crippen molar-refractivity contribution in [3.63, 3.8) is 0 Å². The van der Waals surface area contributed by atoms with E-state index in [4.69, 9.17) is 14.2 Å². The normalized spacial score (nSPS) is 37.2. The summed E-state index contributed by atoms with van der Waals surface area (Å²) in [5.74, 6) is -0.309. The Hall–Kier alpha value is -0.810. The maximum absolute atomic E-state index is 12.4. The zero-order valence-electron chi connectivity index (χ0n) is 13.4. The maximum atomic E-state index is 12.4. The van der Waals surface area contributed by atoms with E-state index in [9.17, 15) is 4.79 Å². The molecule has 0 aromatic heterocycles. The first kappa shape index (κ1) is 15.1. The van der Waals surface area contributed by atoms with Crippen LogP contribution in [-0.2, 0) is 14.2 Å². The third kappa shape index (κ3) is 2.08. The van der Waals surface area contributed by atoms with E-state index in [0.29, 0.717) is 13.2 Å². The minimum atomic E-state index is -0.487. The zero-order chi connectivity index (χ0) is 15.1. The van der Waals surface area contributed by atoms with Crippen molar-refractivity contribution in [2.45, 2.75) is 69.7 Å². The molecule has 2 bridgehead atoms. The Labute approximate surface area is 126 Å². The van der Waals surface area contributed by atoms with Crippen LogP contribution in [0, 0.1) is 5.92 Å². The number of nitrogens with zero attached hydrogens (tertiary/aromatic N) is 1. The van der Waals surface area contributed by atoms with Gasteiger partial charge in [-0.2, -0.15) is 0 Å². The molecule has 0 N–H and O–H groups in total. The molecule has 0 unspecified atom stereocenters. The molecule has 0 radical (unpaired) electrons. The van der Waals surface area contributed by atoms with Gasteiger partial charge in [0.25, 0.3) is 0 Å². The minimum absolute atomic E-state index is 0.170. The Morgan fingerprint density at radius 3 is 2.71 bits per heavy atom. The number of methoxy groups -OCH3 is 1. The van der Waals surface area contributed by atoms with Crippen molar-refractivity contribution in [3.05, 3.63) is 0 Å². The van der Waals surface area contributed by atoms with Crippen LogP contribution in [0.25, 0.3) is 0 Å². The highest BCUT2D eigenvalue weighted by atomic mass is 16.7. The molecule has 0 saturated carbocycles. The summed E-state index contributed by atoms with van der Waals surface area (Å²) in [6.07, 6.45) is 5.89. The molecule has 0 aromatic carbocycles. The van der Waals surface area contributed by atoms with Gasteiger partial charge in [0.2, 0.25) is 0 Å². The van der Waals surface area contributed by atoms with Gasteiger partial charge in [-0.25, -0.2) is 4.79 Å². The molecule has 5 nitrogen and oxygen atoms in total. The van der Waals surface area contributed by atoms with Gasteiger partial charge in [-0.05, 0) is 19.3 Å². The number of carbonyl (C=O) groups is 1. The number of hydrogen-bond donors (Lipinski definition) is 0. The topological polar surface area (TPSA) is 48.0 Å². The highest BCUT2D eigenvalue weighted by molar-refractivity contribution is 5.70. The van der Waals surface area contributed by atoms with Crippen molar-refractivity contribution >= 4 is 6.09 Å². The average Bonchev–Trinajstić information content (AvgIpc) is 3.07. The lowest BCUT2D eigenvalue weighted by Gasteiger charge is -2.54. The molecule has 1 spiro atoms. The van der Waals surface area contributed by atoms with E-state index >= 15 is 0 Å². The van der Waals surface area contributed by atoms with Gasteiger partial charge in [0.05, 0.1) is 25.9 Å². The van der Waals surface area contributed by atoms with E-state index in [1.54, 1.807) is 0 Å². The Balaban J connectivity index is 1.96. The molecule has 0 aromatic rings. The Morgan fingerprint density at radius 2 is 2.10 bits per heavy atom. The summed E-state index contributed by atoms with van der Waals surface area (Å²) in [7, 11) is 1.48. The first-order chi connectivity index (χ1) is 10.1. The van der Waals surface area contributed by atoms with E-state index in [1.807, 2.05) is 4.90 Å². The summed E-state index contributed by atoms with van der Waals surface area (Å²) in [4.78, 5) is 14.4. The number of ether oxygens (including phenoxy) is 3. The van der Waals surface area contributed by atoms with Crippen molar-refractivity contribution in [2.75, 3.05) is 20.3 Å². The molecule has 1 amide bonds. The number of amides is 1. The van der Waals surface area contributed by atoms with Crippen LogP contribution < -0.4 is 0 Å². The second-order valence-corrected chi connectivity index (χ2v) is 6.67. The number of unbranched alkanes of at least 4 members (excludes halogenated alkanes) is 1. The van der Waals surface area contributed by atoms with E-state index in [0.717, 1.165) is 38.5 Å². The number of carbonyl (C=O) groups excluding carboxylic acids is 1. The third-order valence-corrected chi connectivity index (χ3v) is 5.85. The lowest BCUT2D eigenvalue weighted by Crippen LogP contribution is -2.66. The number of hydrogen-bond acceptors (Lipinski definition) is 4. The molecular formula is C16H27NO4. The summed E-state index contributed by atoms with van der Waals surface area (Å²) < 4.78 is 17.2. The fourth-order valence-electron chi connectivity index (χ4n) is 4.78. The van der Waals surface area contributed by atoms with Crippen LogP contribution in [-0.4, -0.2) is 48.7 Å². The smallest absolute Gasteiger partial charge is 0.410 e. The quantitative estimate of drug-likeness (QED) is 0.803. The van der Waals surface area contributed by atoms with Gasteiger partial charge < -0.3 is 14.2 Å². The standard InChI is InChI=1S/C16H27NO4/c1-4-5-7-15-8-6-13(17(15)14(18)19-3)11-16(12(15)2)20-9-10-21-16/h12-13H,4-11H2,1-3H3/t12-,13+,15-/m1/s1. The van der Waals surface area contributed by atoms with Gasteiger partial charge >= 0.3 is 6.09 Å². The summed E-state index contributed by atoms with van der Waals surface area (Å²) in [6.45, 7) is 5.72. The zero-order valence-corrected chi connectivity index (χ0v) is 13.4. The van der Waals surface area contributed by atoms with Crippen LogP contribution in [0.2, 0.25) is 0 Å². The SMILES string of the molecule is CCCC[C@@]12CC[C@@H](CC3(OCCO3)[C@@H]1C)N2C(=O)OC. The number of fused-ring (bicyclic) bond motifs is 2. The second kappa shape index (κ2) is 5.43. The van der Waals surface area contributed by atoms with Crippen molar-refractivity contribution in [1.82, 2.24) is 4.90 Å². The first-order valence-electron chi connectivity index (χ1n) is 8.25. The lowest BCUT2D eigenvalue weighted by molar-refractivity contribution is -0.247. The molecule has 3 rings (SSSR count). The monoisotopic (exact) mass is 297 g/mol. The van der Waals surface area contributed by atoms with Crippen LogP contribution in [0.1, 0.15) is 52.4 Å². The van der Waals surface area contributed by atoms with Crippen molar-refractivity contribution in [3.8, 4) is 0 Å². The minimum Gasteiger partial charge on any atom is -0.453 e. The fraction of sp³-hybridized carbons (Fsp3) is 0.938. The summed E-state index contributed by atoms with van der Waals surface area (Å²) in [5, 5.41) is 0. The Bertz CT molecular complexity index is 407. The molecule has 5 heteroatoms. The molecule has 3 atom stereocenters. The van der Waals surface area contributed by atoms with Crippen molar-refractivity contribution in [1.29, 1.82) is 0 Å². The van der Waals surface area contributed by atoms with Gasteiger partial charge in [-0.3, -0.25) is 4.90 Å². The third-order valence-electron chi connectivity index (χ3n) is 5.85. The number of piperidine rings is 1. The van der Waals surface area contributed by atoms with Gasteiger partial charge in [-0.1, -0.05) is 26.7 Å². The first-order valence-corrected chi connectivity index (χ1v) is 8.25. The Morgan fingerprint density at radius 1 is 1.38 bits per heavy atom. The van der Waals surface area contributed by atoms with Crippen LogP contribution >= 0.6 is 0 Å². The number of rotatable bonds is 3. The summed E-state index contributed by atoms with van der Waals surface area (Å²) in [5.41, 5.74) is -0.170. The summed E-state index contributed by atoms with van der Waals surface area (Å²) in [6, 6.07) is 0.184. The molecule has 3 heterocycles. The predicted molar refractivity (Wildman–Crippen MR) is 77.9 cm³/mol. The molecule has 3 aliphatic rings. The van der Waals surface area contributed by atoms with Crippen LogP contribution in [0.4, 0.5) is 4.79 Å².